The van der Waals surface area contributed by atoms with Crippen molar-refractivity contribution in [1.82, 2.24) is 25.6 Å². The highest BCUT2D eigenvalue weighted by Gasteiger charge is 2.20. The van der Waals surface area contributed by atoms with Gasteiger partial charge in [-0.25, -0.2) is 23.5 Å². The molecule has 6 rings (SSSR count). The summed E-state index contributed by atoms with van der Waals surface area (Å²) in [6.45, 7) is 2.60. The largest absolute Gasteiger partial charge is 0.497 e. The van der Waals surface area contributed by atoms with Gasteiger partial charge in [-0.2, -0.15) is 0 Å². The van der Waals surface area contributed by atoms with Crippen LogP contribution in [0.5, 0.6) is 5.75 Å². The number of methoxy groups -OCH3 is 1. The fourth-order valence-electron chi connectivity index (χ4n) is 6.12. The van der Waals surface area contributed by atoms with E-state index in [1.54, 1.807) is 26.2 Å². The maximum Gasteiger partial charge on any atom is 0.238 e. The molecule has 2 amide bonds. The van der Waals surface area contributed by atoms with E-state index in [4.69, 9.17) is 19.8 Å². The van der Waals surface area contributed by atoms with E-state index in [1.165, 1.54) is 12.1 Å². The molecule has 0 fully saturated rings. The summed E-state index contributed by atoms with van der Waals surface area (Å²) in [4.78, 5) is 40.3. The predicted molar refractivity (Wildman–Crippen MR) is 196 cm³/mol. The van der Waals surface area contributed by atoms with Crippen LogP contribution in [0, 0.1) is 6.92 Å². The van der Waals surface area contributed by atoms with Gasteiger partial charge in [0.2, 0.25) is 27.8 Å². The molecule has 14 heteroatoms. The van der Waals surface area contributed by atoms with Crippen molar-refractivity contribution in [3.63, 3.8) is 0 Å². The van der Waals surface area contributed by atoms with E-state index in [1.807, 2.05) is 48.5 Å². The van der Waals surface area contributed by atoms with Crippen LogP contribution in [0.4, 0.5) is 17.3 Å². The number of pyridine rings is 1. The lowest BCUT2D eigenvalue weighted by atomic mass is 9.92. The van der Waals surface area contributed by atoms with Crippen molar-refractivity contribution in [2.75, 3.05) is 37.4 Å². The molecule has 0 spiro atoms. The van der Waals surface area contributed by atoms with Crippen LogP contribution >= 0.6 is 0 Å². The maximum absolute atomic E-state index is 13.2. The number of aryl methyl sites for hydroxylation is 2. The number of ether oxygens (including phenoxy) is 1. The number of nitrogens with one attached hydrogen (secondary N) is 4. The third-order valence-electron chi connectivity index (χ3n) is 8.70. The topological polar surface area (TPSA) is 190 Å². The molecular formula is C37H40N8O5S. The highest BCUT2D eigenvalue weighted by Crippen LogP contribution is 2.33. The van der Waals surface area contributed by atoms with Crippen molar-refractivity contribution in [2.24, 2.45) is 5.14 Å². The number of hydrogen-bond donors (Lipinski definition) is 5. The van der Waals surface area contributed by atoms with Crippen LogP contribution in [0.1, 0.15) is 35.4 Å². The molecule has 0 saturated heterocycles. The normalized spacial score (nSPS) is 12.6. The standard InChI is InChI=1S/C37H40N8O5S/c1-23-30(35(24-11-15-26(50-2)16-12-24)45-37(41-23)42-25-13-17-27(18-14-25)51(38,48)49)21-33(46)40-20-19-39-22-34(47)44-36-28-7-3-5-9-31(28)43-32-10-6-4-8-29(32)36/h3,5,7,9,11-18,39H,4,6,8,10,19-22H2,1-2H3,(H,40,46)(H2,38,48,49)(H,41,42,45)(H,43,44,47). The van der Waals surface area contributed by atoms with Crippen LogP contribution in [0.3, 0.4) is 0 Å². The second-order valence-corrected chi connectivity index (χ2v) is 13.8. The number of carbonyl (C=O) groups excluding carboxylic acids is 2. The van der Waals surface area contributed by atoms with Gasteiger partial charge in [0.05, 0.1) is 41.9 Å². The summed E-state index contributed by atoms with van der Waals surface area (Å²) in [7, 11) is -2.25. The summed E-state index contributed by atoms with van der Waals surface area (Å²) in [5.41, 5.74) is 7.02. The third-order valence-corrected chi connectivity index (χ3v) is 9.63. The summed E-state index contributed by atoms with van der Waals surface area (Å²) in [6, 6.07) is 21.1. The number of sulfonamides is 1. The van der Waals surface area contributed by atoms with Gasteiger partial charge in [0.1, 0.15) is 5.75 Å². The monoisotopic (exact) mass is 708 g/mol. The number of para-hydroxylation sites is 1. The number of hydrogen-bond acceptors (Lipinski definition) is 10. The van der Waals surface area contributed by atoms with Gasteiger partial charge in [0.25, 0.3) is 0 Å². The van der Waals surface area contributed by atoms with Crippen LogP contribution in [0.2, 0.25) is 0 Å². The summed E-state index contributed by atoms with van der Waals surface area (Å²) < 4.78 is 28.6. The first-order valence-electron chi connectivity index (χ1n) is 16.7. The SMILES string of the molecule is COc1ccc(-c2nc(Nc3ccc(S(N)(=O)=O)cc3)nc(C)c2CC(=O)NCCNCC(=O)Nc2c3c(nc4ccccc24)CCCC3)cc1. The quantitative estimate of drug-likeness (QED) is 0.111. The molecule has 0 radical (unpaired) electrons. The lowest BCUT2D eigenvalue weighted by Crippen LogP contribution is -2.36. The molecule has 0 atom stereocenters. The summed E-state index contributed by atoms with van der Waals surface area (Å²) in [5, 5.41) is 18.4. The Bertz CT molecular complexity index is 2180. The number of carbonyl (C=O) groups is 2. The van der Waals surface area contributed by atoms with Crippen molar-refractivity contribution in [2.45, 2.75) is 43.9 Å². The summed E-state index contributed by atoms with van der Waals surface area (Å²) in [6.07, 6.45) is 4.00. The minimum Gasteiger partial charge on any atom is -0.497 e. The second-order valence-electron chi connectivity index (χ2n) is 12.3. The van der Waals surface area contributed by atoms with Crippen LogP contribution in [0.25, 0.3) is 22.2 Å². The zero-order chi connectivity index (χ0) is 36.0. The first-order chi connectivity index (χ1) is 24.6. The Morgan fingerprint density at radius 1 is 0.882 bits per heavy atom. The van der Waals surface area contributed by atoms with Crippen LogP contribution in [-0.4, -0.2) is 61.9 Å². The minimum absolute atomic E-state index is 0.0132. The third kappa shape index (κ3) is 8.66. The molecule has 0 aliphatic heterocycles. The molecule has 2 aromatic heterocycles. The van der Waals surface area contributed by atoms with Crippen molar-refractivity contribution >= 4 is 50.1 Å². The van der Waals surface area contributed by atoms with Crippen molar-refractivity contribution in [1.29, 1.82) is 0 Å². The van der Waals surface area contributed by atoms with Crippen molar-refractivity contribution in [3.05, 3.63) is 95.3 Å². The first-order valence-corrected chi connectivity index (χ1v) is 18.2. The van der Waals surface area contributed by atoms with E-state index in [-0.39, 0.29) is 35.6 Å². The minimum atomic E-state index is -3.83. The van der Waals surface area contributed by atoms with E-state index in [0.29, 0.717) is 41.5 Å². The molecule has 2 heterocycles. The molecule has 51 heavy (non-hydrogen) atoms. The number of amides is 2. The van der Waals surface area contributed by atoms with Crippen LogP contribution in [0.15, 0.2) is 77.7 Å². The Morgan fingerprint density at radius 2 is 1.63 bits per heavy atom. The highest BCUT2D eigenvalue weighted by atomic mass is 32.2. The van der Waals surface area contributed by atoms with Gasteiger partial charge >= 0.3 is 0 Å². The van der Waals surface area contributed by atoms with E-state index in [9.17, 15) is 18.0 Å². The fourth-order valence-corrected chi connectivity index (χ4v) is 6.64. The zero-order valence-corrected chi connectivity index (χ0v) is 29.3. The van der Waals surface area contributed by atoms with Crippen molar-refractivity contribution < 1.29 is 22.7 Å². The Morgan fingerprint density at radius 3 is 2.37 bits per heavy atom. The van der Waals surface area contributed by atoms with Gasteiger partial charge in [-0.1, -0.05) is 18.2 Å². The molecule has 264 valence electrons. The average molecular weight is 709 g/mol. The number of anilines is 3. The predicted octanol–water partition coefficient (Wildman–Crippen LogP) is 4.17. The Labute approximate surface area is 296 Å². The Balaban J connectivity index is 1.08. The van der Waals surface area contributed by atoms with Crippen LogP contribution in [-0.2, 0) is 38.9 Å². The van der Waals surface area contributed by atoms with Gasteiger partial charge in [0, 0.05) is 46.7 Å². The van der Waals surface area contributed by atoms with E-state index in [0.717, 1.165) is 59.1 Å². The molecule has 5 aromatic rings. The van der Waals surface area contributed by atoms with Gasteiger partial charge in [0.15, 0.2) is 0 Å². The van der Waals surface area contributed by atoms with Crippen LogP contribution < -0.4 is 31.1 Å². The van der Waals surface area contributed by atoms with Gasteiger partial charge in [-0.15, -0.1) is 0 Å². The Hall–Kier alpha value is -5.44. The highest BCUT2D eigenvalue weighted by molar-refractivity contribution is 7.89. The smallest absolute Gasteiger partial charge is 0.238 e. The molecule has 3 aromatic carbocycles. The van der Waals surface area contributed by atoms with Gasteiger partial charge in [-0.05, 0) is 92.8 Å². The molecule has 1 aliphatic rings. The van der Waals surface area contributed by atoms with E-state index < -0.39 is 10.0 Å². The molecule has 0 saturated carbocycles. The molecule has 0 bridgehead atoms. The number of primary sulfonamides is 1. The number of rotatable bonds is 13. The number of benzene rings is 3. The molecule has 0 unspecified atom stereocenters. The lowest BCUT2D eigenvalue weighted by Gasteiger charge is -2.21. The maximum atomic E-state index is 13.2. The summed E-state index contributed by atoms with van der Waals surface area (Å²) >= 11 is 0. The number of nitrogens with two attached hydrogens (primary N) is 1. The zero-order valence-electron chi connectivity index (χ0n) is 28.5. The van der Waals surface area contributed by atoms with Gasteiger partial charge < -0.3 is 26.0 Å². The van der Waals surface area contributed by atoms with Crippen molar-refractivity contribution in [3.8, 4) is 17.0 Å². The lowest BCUT2D eigenvalue weighted by molar-refractivity contribution is -0.120. The molecular weight excluding hydrogens is 669 g/mol. The molecule has 1 aliphatic carbocycles. The second kappa shape index (κ2) is 15.6. The van der Waals surface area contributed by atoms with E-state index in [2.05, 4.69) is 26.3 Å². The Kier molecular flexibility index (Phi) is 10.8. The number of fused-ring (bicyclic) bond motifs is 2. The molecule has 13 nitrogen and oxygen atoms in total. The summed E-state index contributed by atoms with van der Waals surface area (Å²) in [5.74, 6) is 0.564. The number of aromatic nitrogens is 3. The number of nitrogens with zero attached hydrogens (tertiary/aromatic N) is 3. The first kappa shape index (κ1) is 35.4. The average Bonchev–Trinajstić information content (AvgIpc) is 3.12. The van der Waals surface area contributed by atoms with Gasteiger partial charge in [-0.3, -0.25) is 14.6 Å². The van der Waals surface area contributed by atoms with E-state index >= 15 is 0 Å². The molecule has 6 N–H and O–H groups in total. The fraction of sp³-hybridized carbons (Fsp3) is 0.270.